The molecular formula is C23H18FN5O2. The first-order chi connectivity index (χ1) is 15.0. The van der Waals surface area contributed by atoms with Crippen LogP contribution in [0.4, 0.5) is 20.6 Å². The highest BCUT2D eigenvalue weighted by molar-refractivity contribution is 6.01. The van der Waals surface area contributed by atoms with E-state index in [-0.39, 0.29) is 17.1 Å². The van der Waals surface area contributed by atoms with Crippen molar-refractivity contribution in [1.82, 2.24) is 15.2 Å². The van der Waals surface area contributed by atoms with Gasteiger partial charge in [0.2, 0.25) is 0 Å². The average Bonchev–Trinajstić information content (AvgIpc) is 2.76. The number of aromatic nitrogens is 3. The van der Waals surface area contributed by atoms with E-state index in [2.05, 4.69) is 25.8 Å². The van der Waals surface area contributed by atoms with E-state index in [1.54, 1.807) is 24.3 Å². The first kappa shape index (κ1) is 20.0. The standard InChI is InChI=1S/C23H18FN5O2/c1-14-6-8-15(9-7-14)20-22(30)27-21(29-28-20)18-4-2-3-5-19(18)26-23(31)25-17-12-10-16(24)11-13-17/h2-13H,1H3,(H2,25,26,31)(H,27,29,30). The largest absolute Gasteiger partial charge is 0.323 e. The number of nitrogens with zero attached hydrogens (tertiary/aromatic N) is 2. The third-order valence-electron chi connectivity index (χ3n) is 4.55. The van der Waals surface area contributed by atoms with Gasteiger partial charge < -0.3 is 15.6 Å². The van der Waals surface area contributed by atoms with Crippen LogP contribution in [-0.4, -0.2) is 21.2 Å². The molecule has 4 aromatic rings. The molecule has 0 aliphatic heterocycles. The summed E-state index contributed by atoms with van der Waals surface area (Å²) in [5.41, 5.74) is 2.92. The summed E-state index contributed by atoms with van der Waals surface area (Å²) in [6.07, 6.45) is 0. The van der Waals surface area contributed by atoms with Crippen molar-refractivity contribution < 1.29 is 9.18 Å². The summed E-state index contributed by atoms with van der Waals surface area (Å²) in [5.74, 6) is -0.175. The fraction of sp³-hybridized carbons (Fsp3) is 0.0435. The van der Waals surface area contributed by atoms with Gasteiger partial charge in [0, 0.05) is 16.8 Å². The minimum atomic E-state index is -0.523. The van der Waals surface area contributed by atoms with Gasteiger partial charge in [0.15, 0.2) is 11.5 Å². The first-order valence-corrected chi connectivity index (χ1v) is 9.46. The highest BCUT2D eigenvalue weighted by atomic mass is 19.1. The molecule has 154 valence electrons. The van der Waals surface area contributed by atoms with E-state index >= 15 is 0 Å². The number of nitrogens with one attached hydrogen (secondary N) is 3. The number of amides is 2. The maximum atomic E-state index is 13.0. The third kappa shape index (κ3) is 4.64. The summed E-state index contributed by atoms with van der Waals surface area (Å²) in [6, 6.07) is 19.2. The highest BCUT2D eigenvalue weighted by Crippen LogP contribution is 2.24. The molecule has 0 aliphatic carbocycles. The molecule has 1 aromatic heterocycles. The molecule has 31 heavy (non-hydrogen) atoms. The Hall–Kier alpha value is -4.33. The summed E-state index contributed by atoms with van der Waals surface area (Å²) in [6.45, 7) is 1.96. The van der Waals surface area contributed by atoms with Gasteiger partial charge in [-0.3, -0.25) is 4.79 Å². The Morgan fingerprint density at radius 3 is 2.32 bits per heavy atom. The maximum Gasteiger partial charge on any atom is 0.323 e. The molecule has 0 spiro atoms. The number of rotatable bonds is 4. The number of hydrogen-bond donors (Lipinski definition) is 3. The van der Waals surface area contributed by atoms with Gasteiger partial charge in [-0.15, -0.1) is 10.2 Å². The summed E-state index contributed by atoms with van der Waals surface area (Å²) >= 11 is 0. The molecule has 2 amide bonds. The van der Waals surface area contributed by atoms with E-state index < -0.39 is 11.8 Å². The van der Waals surface area contributed by atoms with Crippen LogP contribution in [0.3, 0.4) is 0 Å². The Bertz CT molecular complexity index is 1280. The van der Waals surface area contributed by atoms with Crippen molar-refractivity contribution >= 4 is 17.4 Å². The number of aromatic amines is 1. The summed E-state index contributed by atoms with van der Waals surface area (Å²) in [5, 5.41) is 13.6. The van der Waals surface area contributed by atoms with Gasteiger partial charge in [0.05, 0.1) is 5.69 Å². The molecule has 0 atom stereocenters. The third-order valence-corrected chi connectivity index (χ3v) is 4.55. The zero-order valence-corrected chi connectivity index (χ0v) is 16.5. The number of hydrogen-bond acceptors (Lipinski definition) is 4. The van der Waals surface area contributed by atoms with Crippen LogP contribution in [0.25, 0.3) is 22.6 Å². The number of anilines is 2. The SMILES string of the molecule is Cc1ccc(-c2nnc(-c3ccccc3NC(=O)Nc3ccc(F)cc3)[nH]c2=O)cc1. The maximum absolute atomic E-state index is 13.0. The van der Waals surface area contributed by atoms with Gasteiger partial charge in [0.25, 0.3) is 5.56 Å². The number of urea groups is 1. The highest BCUT2D eigenvalue weighted by Gasteiger charge is 2.13. The Morgan fingerprint density at radius 2 is 1.61 bits per heavy atom. The van der Waals surface area contributed by atoms with E-state index in [0.717, 1.165) is 5.56 Å². The van der Waals surface area contributed by atoms with Crippen LogP contribution in [0.2, 0.25) is 0 Å². The fourth-order valence-electron chi connectivity index (χ4n) is 2.98. The molecular weight excluding hydrogens is 397 g/mol. The van der Waals surface area contributed by atoms with Crippen LogP contribution in [0.5, 0.6) is 0 Å². The van der Waals surface area contributed by atoms with Crippen LogP contribution in [-0.2, 0) is 0 Å². The lowest BCUT2D eigenvalue weighted by atomic mass is 10.1. The fourth-order valence-corrected chi connectivity index (χ4v) is 2.98. The second kappa shape index (κ2) is 8.58. The van der Waals surface area contributed by atoms with Gasteiger partial charge in [0.1, 0.15) is 5.82 Å². The normalized spacial score (nSPS) is 10.5. The lowest BCUT2D eigenvalue weighted by Crippen LogP contribution is -2.20. The van der Waals surface area contributed by atoms with Crippen molar-refractivity contribution in [3.8, 4) is 22.6 Å². The number of H-pyrrole nitrogens is 1. The molecule has 3 N–H and O–H groups in total. The molecule has 0 aliphatic rings. The van der Waals surface area contributed by atoms with E-state index in [9.17, 15) is 14.0 Å². The van der Waals surface area contributed by atoms with Gasteiger partial charge in [-0.05, 0) is 43.3 Å². The topological polar surface area (TPSA) is 99.8 Å². The monoisotopic (exact) mass is 415 g/mol. The Kier molecular flexibility index (Phi) is 5.53. The average molecular weight is 415 g/mol. The molecule has 0 saturated heterocycles. The molecule has 3 aromatic carbocycles. The van der Waals surface area contributed by atoms with Crippen LogP contribution >= 0.6 is 0 Å². The number of carbonyl (C=O) groups excluding carboxylic acids is 1. The molecule has 0 saturated carbocycles. The minimum Gasteiger partial charge on any atom is -0.308 e. The Labute approximate surface area is 177 Å². The molecule has 0 bridgehead atoms. The number of aryl methyl sites for hydroxylation is 1. The predicted molar refractivity (Wildman–Crippen MR) is 117 cm³/mol. The van der Waals surface area contributed by atoms with Crippen molar-refractivity contribution in [2.75, 3.05) is 10.6 Å². The van der Waals surface area contributed by atoms with Gasteiger partial charge in [-0.2, -0.15) is 0 Å². The van der Waals surface area contributed by atoms with Gasteiger partial charge >= 0.3 is 6.03 Å². The first-order valence-electron chi connectivity index (χ1n) is 9.46. The lowest BCUT2D eigenvalue weighted by Gasteiger charge is -2.11. The summed E-state index contributed by atoms with van der Waals surface area (Å²) in [7, 11) is 0. The second-order valence-corrected chi connectivity index (χ2v) is 6.85. The van der Waals surface area contributed by atoms with E-state index in [1.807, 2.05) is 31.2 Å². The smallest absolute Gasteiger partial charge is 0.308 e. The molecule has 8 heteroatoms. The van der Waals surface area contributed by atoms with Gasteiger partial charge in [-0.25, -0.2) is 9.18 Å². The molecule has 1 heterocycles. The van der Waals surface area contributed by atoms with Gasteiger partial charge in [-0.1, -0.05) is 42.0 Å². The summed E-state index contributed by atoms with van der Waals surface area (Å²) < 4.78 is 13.0. The molecule has 0 fully saturated rings. The summed E-state index contributed by atoms with van der Waals surface area (Å²) in [4.78, 5) is 27.7. The Morgan fingerprint density at radius 1 is 0.903 bits per heavy atom. The van der Waals surface area contributed by atoms with Crippen LogP contribution in [0, 0.1) is 12.7 Å². The van der Waals surface area contributed by atoms with Crippen LogP contribution in [0.1, 0.15) is 5.56 Å². The van der Waals surface area contributed by atoms with Crippen molar-refractivity contribution in [2.24, 2.45) is 0 Å². The van der Waals surface area contributed by atoms with Crippen molar-refractivity contribution in [3.63, 3.8) is 0 Å². The number of para-hydroxylation sites is 1. The Balaban J connectivity index is 1.58. The predicted octanol–water partition coefficient (Wildman–Crippen LogP) is 4.59. The molecule has 7 nitrogen and oxygen atoms in total. The lowest BCUT2D eigenvalue weighted by molar-refractivity contribution is 0.262. The number of carbonyl (C=O) groups is 1. The van der Waals surface area contributed by atoms with Crippen LogP contribution in [0.15, 0.2) is 77.6 Å². The van der Waals surface area contributed by atoms with E-state index in [4.69, 9.17) is 0 Å². The van der Waals surface area contributed by atoms with Crippen molar-refractivity contribution in [1.29, 1.82) is 0 Å². The quantitative estimate of drug-likeness (QED) is 0.454. The molecule has 4 rings (SSSR count). The van der Waals surface area contributed by atoms with E-state index in [0.29, 0.717) is 22.5 Å². The van der Waals surface area contributed by atoms with Crippen molar-refractivity contribution in [3.05, 3.63) is 94.5 Å². The molecule has 0 unspecified atom stereocenters. The van der Waals surface area contributed by atoms with Crippen molar-refractivity contribution in [2.45, 2.75) is 6.92 Å². The second-order valence-electron chi connectivity index (χ2n) is 6.85. The number of benzene rings is 3. The number of halogens is 1. The minimum absolute atomic E-state index is 0.211. The zero-order valence-electron chi connectivity index (χ0n) is 16.5. The zero-order chi connectivity index (χ0) is 21.8. The molecule has 0 radical (unpaired) electrons. The van der Waals surface area contributed by atoms with Crippen LogP contribution < -0.4 is 16.2 Å². The van der Waals surface area contributed by atoms with E-state index in [1.165, 1.54) is 24.3 Å².